The predicted molar refractivity (Wildman–Crippen MR) is 107 cm³/mol. The van der Waals surface area contributed by atoms with Gasteiger partial charge in [-0.2, -0.15) is 0 Å². The van der Waals surface area contributed by atoms with Gasteiger partial charge in [0, 0.05) is 16.6 Å². The summed E-state index contributed by atoms with van der Waals surface area (Å²) in [7, 11) is 0. The van der Waals surface area contributed by atoms with Crippen LogP contribution in [0.25, 0.3) is 10.9 Å². The van der Waals surface area contributed by atoms with Crippen LogP contribution in [0.5, 0.6) is 5.75 Å². The third-order valence-electron chi connectivity index (χ3n) is 4.42. The molecule has 0 spiro atoms. The number of aromatic amines is 1. The molecule has 3 N–H and O–H groups in total. The molecule has 7 nitrogen and oxygen atoms in total. The third-order valence-corrected chi connectivity index (χ3v) is 4.42. The van der Waals surface area contributed by atoms with Crippen molar-refractivity contribution in [2.24, 2.45) is 0 Å². The number of ether oxygens (including phenoxy) is 1. The van der Waals surface area contributed by atoms with Crippen LogP contribution in [0, 0.1) is 6.92 Å². The molecule has 29 heavy (non-hydrogen) atoms. The van der Waals surface area contributed by atoms with Gasteiger partial charge in [-0.05, 0) is 37.3 Å². The molecule has 2 heterocycles. The number of H-pyrrole nitrogens is 1. The highest BCUT2D eigenvalue weighted by molar-refractivity contribution is 6.08. The molecule has 0 bridgehead atoms. The SMILES string of the molecule is Cc1[nH]c2ccccc2c1C(=O)NNC(=O)c1ccc(COc2ccccc2)o1. The lowest BCUT2D eigenvalue weighted by Crippen LogP contribution is -2.41. The van der Waals surface area contributed by atoms with Gasteiger partial charge in [0.1, 0.15) is 18.1 Å². The molecule has 0 aliphatic rings. The van der Waals surface area contributed by atoms with Crippen LogP contribution in [0.4, 0.5) is 0 Å². The Labute approximate surface area is 166 Å². The van der Waals surface area contributed by atoms with E-state index in [4.69, 9.17) is 9.15 Å². The van der Waals surface area contributed by atoms with Crippen LogP contribution in [-0.2, 0) is 6.61 Å². The summed E-state index contributed by atoms with van der Waals surface area (Å²) in [5, 5.41) is 0.787. The highest BCUT2D eigenvalue weighted by atomic mass is 16.5. The van der Waals surface area contributed by atoms with E-state index in [9.17, 15) is 9.59 Å². The lowest BCUT2D eigenvalue weighted by Gasteiger charge is -2.06. The molecule has 0 radical (unpaired) electrons. The summed E-state index contributed by atoms with van der Waals surface area (Å²) in [5.41, 5.74) is 6.87. The number of benzene rings is 2. The molecule has 0 aliphatic carbocycles. The normalized spacial score (nSPS) is 10.7. The van der Waals surface area contributed by atoms with E-state index < -0.39 is 11.8 Å². The van der Waals surface area contributed by atoms with Gasteiger partial charge >= 0.3 is 5.91 Å². The van der Waals surface area contributed by atoms with Gasteiger partial charge in [0.25, 0.3) is 5.91 Å². The van der Waals surface area contributed by atoms with E-state index in [-0.39, 0.29) is 12.4 Å². The number of hydrogen-bond acceptors (Lipinski definition) is 4. The zero-order chi connectivity index (χ0) is 20.2. The molecular formula is C22H19N3O4. The van der Waals surface area contributed by atoms with E-state index >= 15 is 0 Å². The van der Waals surface area contributed by atoms with Crippen molar-refractivity contribution in [1.82, 2.24) is 15.8 Å². The average molecular weight is 389 g/mol. The molecule has 0 aliphatic heterocycles. The first-order valence-electron chi connectivity index (χ1n) is 9.06. The molecule has 2 aromatic carbocycles. The smallest absolute Gasteiger partial charge is 0.305 e. The Balaban J connectivity index is 1.36. The molecule has 7 heteroatoms. The van der Waals surface area contributed by atoms with Crippen LogP contribution in [0.2, 0.25) is 0 Å². The van der Waals surface area contributed by atoms with Gasteiger partial charge in [0.15, 0.2) is 5.76 Å². The molecular weight excluding hydrogens is 370 g/mol. The summed E-state index contributed by atoms with van der Waals surface area (Å²) in [5.74, 6) is 0.316. The minimum atomic E-state index is -0.554. The van der Waals surface area contributed by atoms with Gasteiger partial charge in [-0.15, -0.1) is 0 Å². The van der Waals surface area contributed by atoms with Crippen molar-refractivity contribution >= 4 is 22.7 Å². The summed E-state index contributed by atoms with van der Waals surface area (Å²) in [6.45, 7) is 2.00. The number of hydrazine groups is 1. The largest absolute Gasteiger partial charge is 0.486 e. The number of rotatable bonds is 5. The number of hydrogen-bond donors (Lipinski definition) is 3. The van der Waals surface area contributed by atoms with Crippen LogP contribution in [0.15, 0.2) is 71.1 Å². The first kappa shape index (κ1) is 18.4. The summed E-state index contributed by atoms with van der Waals surface area (Å²) in [6.07, 6.45) is 0. The monoisotopic (exact) mass is 389 g/mol. The second-order valence-corrected chi connectivity index (χ2v) is 6.45. The molecule has 146 valence electrons. The highest BCUT2D eigenvalue weighted by Gasteiger charge is 2.18. The maximum absolute atomic E-state index is 12.5. The molecule has 4 rings (SSSR count). The Morgan fingerprint density at radius 3 is 2.48 bits per heavy atom. The van der Waals surface area contributed by atoms with Crippen LogP contribution < -0.4 is 15.6 Å². The summed E-state index contributed by atoms with van der Waals surface area (Å²) < 4.78 is 11.1. The van der Waals surface area contributed by atoms with E-state index in [1.165, 1.54) is 6.07 Å². The molecule has 0 fully saturated rings. The number of carbonyl (C=O) groups is 2. The van der Waals surface area contributed by atoms with Crippen molar-refractivity contribution in [1.29, 1.82) is 0 Å². The second kappa shape index (κ2) is 7.93. The fourth-order valence-corrected chi connectivity index (χ4v) is 3.06. The molecule has 0 unspecified atom stereocenters. The van der Waals surface area contributed by atoms with Crippen molar-refractivity contribution in [2.45, 2.75) is 13.5 Å². The number of furan rings is 1. The van der Waals surface area contributed by atoms with Crippen molar-refractivity contribution < 1.29 is 18.7 Å². The maximum Gasteiger partial charge on any atom is 0.305 e. The summed E-state index contributed by atoms with van der Waals surface area (Å²) in [6, 6.07) is 20.0. The number of aryl methyl sites for hydroxylation is 1. The van der Waals surface area contributed by atoms with Crippen molar-refractivity contribution in [3.8, 4) is 5.75 Å². The van der Waals surface area contributed by atoms with E-state index in [2.05, 4.69) is 15.8 Å². The minimum absolute atomic E-state index is 0.0765. The predicted octanol–water partition coefficient (Wildman–Crippen LogP) is 3.72. The lowest BCUT2D eigenvalue weighted by molar-refractivity contribution is 0.0829. The third kappa shape index (κ3) is 3.98. The maximum atomic E-state index is 12.5. The van der Waals surface area contributed by atoms with Crippen LogP contribution in [0.3, 0.4) is 0 Å². The van der Waals surface area contributed by atoms with Crippen LogP contribution in [0.1, 0.15) is 32.4 Å². The fourth-order valence-electron chi connectivity index (χ4n) is 3.06. The van der Waals surface area contributed by atoms with E-state index in [0.29, 0.717) is 17.1 Å². The van der Waals surface area contributed by atoms with Gasteiger partial charge in [0.05, 0.1) is 5.56 Å². The number of aromatic nitrogens is 1. The van der Waals surface area contributed by atoms with Gasteiger partial charge in [0.2, 0.25) is 0 Å². The number of fused-ring (bicyclic) bond motifs is 1. The topological polar surface area (TPSA) is 96.4 Å². The number of carbonyl (C=O) groups excluding carboxylic acids is 2. The molecule has 2 aromatic heterocycles. The van der Waals surface area contributed by atoms with Crippen LogP contribution >= 0.6 is 0 Å². The van der Waals surface area contributed by atoms with E-state index in [0.717, 1.165) is 16.6 Å². The van der Waals surface area contributed by atoms with Crippen molar-refractivity contribution in [2.75, 3.05) is 0 Å². The van der Waals surface area contributed by atoms with Gasteiger partial charge in [-0.1, -0.05) is 36.4 Å². The minimum Gasteiger partial charge on any atom is -0.486 e. The zero-order valence-corrected chi connectivity index (χ0v) is 15.7. The van der Waals surface area contributed by atoms with Crippen molar-refractivity contribution in [3.05, 3.63) is 89.5 Å². The van der Waals surface area contributed by atoms with E-state index in [1.807, 2.05) is 61.5 Å². The fraction of sp³-hybridized carbons (Fsp3) is 0.0909. The second-order valence-electron chi connectivity index (χ2n) is 6.45. The first-order chi connectivity index (χ1) is 14.1. The molecule has 4 aromatic rings. The number of amides is 2. The molecule has 0 saturated heterocycles. The van der Waals surface area contributed by atoms with Gasteiger partial charge in [-0.25, -0.2) is 0 Å². The molecule has 0 saturated carbocycles. The summed E-state index contributed by atoms with van der Waals surface area (Å²) >= 11 is 0. The zero-order valence-electron chi connectivity index (χ0n) is 15.7. The number of nitrogens with one attached hydrogen (secondary N) is 3. The standard InChI is InChI=1S/C22H19N3O4/c1-14-20(17-9-5-6-10-18(17)23-14)22(27)25-24-21(26)19-12-11-16(29-19)13-28-15-7-3-2-4-8-15/h2-12,23H,13H2,1H3,(H,24,26)(H,25,27). The Morgan fingerprint density at radius 1 is 0.931 bits per heavy atom. The lowest BCUT2D eigenvalue weighted by atomic mass is 10.1. The Hall–Kier alpha value is -4.00. The Bertz CT molecular complexity index is 1160. The number of para-hydroxylation sites is 2. The summed E-state index contributed by atoms with van der Waals surface area (Å²) in [4.78, 5) is 28.0. The Morgan fingerprint density at radius 2 is 1.66 bits per heavy atom. The van der Waals surface area contributed by atoms with Crippen LogP contribution in [-0.4, -0.2) is 16.8 Å². The average Bonchev–Trinajstić information content (AvgIpc) is 3.34. The quantitative estimate of drug-likeness (QED) is 0.453. The van der Waals surface area contributed by atoms with Crippen molar-refractivity contribution in [3.63, 3.8) is 0 Å². The molecule has 0 atom stereocenters. The first-order valence-corrected chi connectivity index (χ1v) is 9.06. The molecule has 2 amide bonds. The highest BCUT2D eigenvalue weighted by Crippen LogP contribution is 2.21. The van der Waals surface area contributed by atoms with Gasteiger partial charge in [-0.3, -0.25) is 20.4 Å². The Kier molecular flexibility index (Phi) is 5.03. The van der Waals surface area contributed by atoms with E-state index in [1.54, 1.807) is 6.07 Å². The van der Waals surface area contributed by atoms with Gasteiger partial charge < -0.3 is 14.1 Å².